The Balaban J connectivity index is 0.883. The number of aromatic nitrogens is 1. The van der Waals surface area contributed by atoms with Gasteiger partial charge in [-0.3, -0.25) is 0 Å². The number of para-hydroxylation sites is 4. The van der Waals surface area contributed by atoms with Crippen LogP contribution in [0.2, 0.25) is 0 Å². The van der Waals surface area contributed by atoms with E-state index < -0.39 is 0 Å². The summed E-state index contributed by atoms with van der Waals surface area (Å²) < 4.78 is 9.00. The Morgan fingerprint density at radius 3 is 1.76 bits per heavy atom. The Labute approximate surface area is 412 Å². The van der Waals surface area contributed by atoms with Crippen LogP contribution < -0.4 is 4.90 Å². The molecule has 0 unspecified atom stereocenters. The molecule has 0 amide bonds. The third-order valence-electron chi connectivity index (χ3n) is 14.7. The van der Waals surface area contributed by atoms with Crippen molar-refractivity contribution in [2.45, 2.75) is 12.8 Å². The smallest absolute Gasteiger partial charge is 0.143 e. The van der Waals surface area contributed by atoms with E-state index in [1.807, 2.05) is 0 Å². The highest BCUT2D eigenvalue weighted by atomic mass is 16.3. The topological polar surface area (TPSA) is 21.3 Å². The molecule has 2 heterocycles. The molecule has 13 aromatic rings. The summed E-state index contributed by atoms with van der Waals surface area (Å²) in [5.41, 5.74) is 18.3. The number of benzene rings is 11. The number of nitrogens with zero attached hydrogens (tertiary/aromatic N) is 2. The lowest BCUT2D eigenvalue weighted by Crippen LogP contribution is -2.11. The van der Waals surface area contributed by atoms with Crippen molar-refractivity contribution < 1.29 is 4.42 Å². The van der Waals surface area contributed by atoms with Crippen molar-refractivity contribution in [2.24, 2.45) is 0 Å². The van der Waals surface area contributed by atoms with Crippen LogP contribution in [0.4, 0.5) is 17.1 Å². The molecule has 0 saturated heterocycles. The number of allylic oxidation sites excluding steroid dienone is 4. The molecular weight excluding hydrogens is 861 g/mol. The first-order chi connectivity index (χ1) is 35.2. The normalized spacial score (nSPS) is 12.8. The molecule has 0 saturated carbocycles. The zero-order valence-corrected chi connectivity index (χ0v) is 39.0. The first kappa shape index (κ1) is 40.8. The van der Waals surface area contributed by atoms with E-state index in [1.165, 1.54) is 65.8 Å². The fourth-order valence-corrected chi connectivity index (χ4v) is 11.2. The second-order valence-electron chi connectivity index (χ2n) is 18.7. The summed E-state index contributed by atoms with van der Waals surface area (Å²) in [5.74, 6) is 0. The van der Waals surface area contributed by atoms with Crippen LogP contribution in [0.25, 0.3) is 104 Å². The zero-order valence-electron chi connectivity index (χ0n) is 39.0. The third kappa shape index (κ3) is 6.96. The van der Waals surface area contributed by atoms with Gasteiger partial charge in [-0.05, 0) is 135 Å². The van der Waals surface area contributed by atoms with Gasteiger partial charge in [0, 0.05) is 49.4 Å². The zero-order chi connectivity index (χ0) is 46.8. The minimum absolute atomic E-state index is 0.886. The molecule has 14 rings (SSSR count). The Morgan fingerprint density at radius 2 is 0.986 bits per heavy atom. The molecule has 3 heteroatoms. The van der Waals surface area contributed by atoms with Crippen molar-refractivity contribution >= 4 is 93.5 Å². The van der Waals surface area contributed by atoms with Crippen molar-refractivity contribution in [3.8, 4) is 27.9 Å². The second-order valence-corrected chi connectivity index (χ2v) is 18.7. The lowest BCUT2D eigenvalue weighted by Gasteiger charge is -2.28. The molecule has 1 aliphatic carbocycles. The van der Waals surface area contributed by atoms with Crippen molar-refractivity contribution in [2.75, 3.05) is 4.90 Å². The Hall–Kier alpha value is -9.18. The Bertz CT molecular complexity index is 4230. The number of anilines is 3. The van der Waals surface area contributed by atoms with E-state index in [9.17, 15) is 0 Å². The van der Waals surface area contributed by atoms with Crippen LogP contribution in [0, 0.1) is 0 Å². The van der Waals surface area contributed by atoms with Gasteiger partial charge in [0.05, 0.1) is 22.4 Å². The van der Waals surface area contributed by atoms with Gasteiger partial charge in [-0.25, -0.2) is 0 Å². The van der Waals surface area contributed by atoms with Crippen molar-refractivity contribution in [1.29, 1.82) is 0 Å². The predicted molar refractivity (Wildman–Crippen MR) is 300 cm³/mol. The van der Waals surface area contributed by atoms with Crippen LogP contribution in [0.3, 0.4) is 0 Å². The van der Waals surface area contributed by atoms with Crippen molar-refractivity contribution in [1.82, 2.24) is 4.57 Å². The van der Waals surface area contributed by atoms with E-state index in [-0.39, 0.29) is 0 Å². The van der Waals surface area contributed by atoms with Gasteiger partial charge in [-0.15, -0.1) is 0 Å². The van der Waals surface area contributed by atoms with E-state index >= 15 is 0 Å². The standard InChI is InChI=1S/C68H46N2O/c1-2-16-49-43-52(29-28-45(49)14-1)51-18-13-17-50(42-51)46-30-36-54(37-31-46)69(63-24-9-6-20-57(63)53-35-41-67-62(44-53)61-40-34-47-15-3-4-21-58(47)68(61)71-67)55-38-32-48(33-39-55)56-19-5-10-25-64(56)70-65-26-11-7-22-59(65)60-23-8-12-27-66(60)70/h1-12,14-17,19-44H,13,18H2. The maximum atomic E-state index is 6.58. The molecule has 11 aromatic carbocycles. The van der Waals surface area contributed by atoms with Gasteiger partial charge in [-0.1, -0.05) is 182 Å². The average molecular weight is 907 g/mol. The molecule has 0 N–H and O–H groups in total. The van der Waals surface area contributed by atoms with E-state index in [0.717, 1.165) is 79.6 Å². The molecule has 0 atom stereocenters. The molecule has 0 bridgehead atoms. The Kier molecular flexibility index (Phi) is 9.67. The SMILES string of the molecule is C1=C(c2ccc(N(c3ccc(-c4ccccc4-n4c5ccccc5c5ccccc54)cc3)c3ccccc3-c3ccc4oc5c6ccccc6ccc5c4c3)cc2)C=C(c2ccc3ccccc3c2)CC1. The molecule has 0 fully saturated rings. The van der Waals surface area contributed by atoms with Gasteiger partial charge in [0.1, 0.15) is 11.2 Å². The predicted octanol–water partition coefficient (Wildman–Crippen LogP) is 19.1. The first-order valence-corrected chi connectivity index (χ1v) is 24.6. The van der Waals surface area contributed by atoms with Crippen LogP contribution in [0.5, 0.6) is 0 Å². The first-order valence-electron chi connectivity index (χ1n) is 24.6. The van der Waals surface area contributed by atoms with Gasteiger partial charge in [-0.2, -0.15) is 0 Å². The number of hydrogen-bond acceptors (Lipinski definition) is 2. The largest absolute Gasteiger partial charge is 0.455 e. The highest BCUT2D eigenvalue weighted by Crippen LogP contribution is 2.45. The highest BCUT2D eigenvalue weighted by Gasteiger charge is 2.21. The van der Waals surface area contributed by atoms with Crippen LogP contribution >= 0.6 is 0 Å². The van der Waals surface area contributed by atoms with Gasteiger partial charge in [0.15, 0.2) is 0 Å². The molecule has 334 valence electrons. The van der Waals surface area contributed by atoms with E-state index in [4.69, 9.17) is 4.42 Å². The summed E-state index contributed by atoms with van der Waals surface area (Å²) >= 11 is 0. The van der Waals surface area contributed by atoms with Gasteiger partial charge < -0.3 is 13.9 Å². The van der Waals surface area contributed by atoms with E-state index in [1.54, 1.807) is 0 Å². The quantitative estimate of drug-likeness (QED) is 0.151. The summed E-state index contributed by atoms with van der Waals surface area (Å²) in [4.78, 5) is 2.42. The van der Waals surface area contributed by atoms with Crippen LogP contribution in [0.1, 0.15) is 24.0 Å². The molecule has 0 radical (unpaired) electrons. The molecule has 2 aromatic heterocycles. The average Bonchev–Trinajstić information content (AvgIpc) is 3.99. The lowest BCUT2D eigenvalue weighted by molar-refractivity contribution is 0.672. The molecular formula is C68H46N2O. The molecule has 0 spiro atoms. The second kappa shape index (κ2) is 16.8. The minimum Gasteiger partial charge on any atom is -0.455 e. The van der Waals surface area contributed by atoms with Crippen molar-refractivity contribution in [3.63, 3.8) is 0 Å². The van der Waals surface area contributed by atoms with Crippen LogP contribution in [0.15, 0.2) is 259 Å². The summed E-state index contributed by atoms with van der Waals surface area (Å²) in [5, 5.41) is 9.59. The summed E-state index contributed by atoms with van der Waals surface area (Å²) in [6.07, 6.45) is 6.82. The summed E-state index contributed by atoms with van der Waals surface area (Å²) in [6, 6.07) is 88.3. The maximum Gasteiger partial charge on any atom is 0.143 e. The number of fused-ring (bicyclic) bond motifs is 9. The molecule has 1 aliphatic rings. The highest BCUT2D eigenvalue weighted by molar-refractivity contribution is 6.16. The summed E-state index contributed by atoms with van der Waals surface area (Å²) in [7, 11) is 0. The number of rotatable bonds is 8. The van der Waals surface area contributed by atoms with E-state index in [0.29, 0.717) is 0 Å². The fourth-order valence-electron chi connectivity index (χ4n) is 11.2. The van der Waals surface area contributed by atoms with Gasteiger partial charge in [0.25, 0.3) is 0 Å². The van der Waals surface area contributed by atoms with Gasteiger partial charge >= 0.3 is 0 Å². The molecule has 0 aliphatic heterocycles. The molecule has 71 heavy (non-hydrogen) atoms. The van der Waals surface area contributed by atoms with Crippen LogP contribution in [-0.2, 0) is 0 Å². The Morgan fingerprint density at radius 1 is 0.394 bits per heavy atom. The van der Waals surface area contributed by atoms with E-state index in [2.05, 4.69) is 264 Å². The number of furan rings is 1. The number of hydrogen-bond donors (Lipinski definition) is 0. The summed E-state index contributed by atoms with van der Waals surface area (Å²) in [6.45, 7) is 0. The van der Waals surface area contributed by atoms with Gasteiger partial charge in [0.2, 0.25) is 0 Å². The minimum atomic E-state index is 0.886. The fraction of sp³-hybridized carbons (Fsp3) is 0.0294. The lowest BCUT2D eigenvalue weighted by atomic mass is 9.90. The maximum absolute atomic E-state index is 6.58. The monoisotopic (exact) mass is 906 g/mol. The molecule has 3 nitrogen and oxygen atoms in total. The van der Waals surface area contributed by atoms with Crippen LogP contribution in [-0.4, -0.2) is 4.57 Å². The van der Waals surface area contributed by atoms with Crippen molar-refractivity contribution in [3.05, 3.63) is 266 Å². The third-order valence-corrected chi connectivity index (χ3v) is 14.7.